The maximum absolute atomic E-state index is 10.9. The van der Waals surface area contributed by atoms with Gasteiger partial charge in [0.1, 0.15) is 11.2 Å². The fourth-order valence-corrected chi connectivity index (χ4v) is 1.22. The van der Waals surface area contributed by atoms with E-state index in [1.54, 1.807) is 0 Å². The van der Waals surface area contributed by atoms with Crippen molar-refractivity contribution in [2.75, 3.05) is 25.1 Å². The van der Waals surface area contributed by atoms with Crippen molar-refractivity contribution in [1.29, 1.82) is 0 Å². The summed E-state index contributed by atoms with van der Waals surface area (Å²) < 4.78 is 0. The molecule has 0 saturated carbocycles. The van der Waals surface area contributed by atoms with Gasteiger partial charge in [0.25, 0.3) is 5.91 Å². The van der Waals surface area contributed by atoms with E-state index in [0.29, 0.717) is 5.69 Å². The highest BCUT2D eigenvalue weighted by molar-refractivity contribution is 5.91. The summed E-state index contributed by atoms with van der Waals surface area (Å²) in [4.78, 5) is 14.7. The number of aliphatic hydroxyl groups is 3. The molecule has 0 bridgehead atoms. The summed E-state index contributed by atoms with van der Waals surface area (Å²) in [6.45, 7) is -1.39. The van der Waals surface area contributed by atoms with Crippen molar-refractivity contribution < 1.29 is 20.1 Å². The Bertz CT molecular complexity index is 385. The van der Waals surface area contributed by atoms with Gasteiger partial charge in [0, 0.05) is 11.9 Å². The molecule has 0 aromatic carbocycles. The second-order valence-corrected chi connectivity index (χ2v) is 3.67. The smallest absolute Gasteiger partial charge is 0.267 e. The van der Waals surface area contributed by atoms with E-state index in [4.69, 9.17) is 21.1 Å². The van der Waals surface area contributed by atoms with E-state index in [-0.39, 0.29) is 5.69 Å². The Morgan fingerprint density at radius 2 is 1.94 bits per heavy atom. The van der Waals surface area contributed by atoms with Crippen LogP contribution in [0.15, 0.2) is 18.3 Å². The molecule has 1 amide bonds. The van der Waals surface area contributed by atoms with Gasteiger partial charge in [-0.3, -0.25) is 9.78 Å². The van der Waals surface area contributed by atoms with Crippen LogP contribution < -0.4 is 11.1 Å². The summed E-state index contributed by atoms with van der Waals surface area (Å²) in [5.41, 5.74) is 4.29. The highest BCUT2D eigenvalue weighted by Gasteiger charge is 2.27. The number of aromatic nitrogens is 1. The predicted octanol–water partition coefficient (Wildman–Crippen LogP) is -1.69. The number of rotatable bonds is 6. The van der Waals surface area contributed by atoms with Gasteiger partial charge in [-0.05, 0) is 12.1 Å². The van der Waals surface area contributed by atoms with Crippen LogP contribution in [0.1, 0.15) is 10.5 Å². The van der Waals surface area contributed by atoms with Crippen molar-refractivity contribution in [3.8, 4) is 0 Å². The molecule has 0 spiro atoms. The van der Waals surface area contributed by atoms with Crippen LogP contribution in [-0.2, 0) is 0 Å². The minimum absolute atomic E-state index is 0.0534. The lowest BCUT2D eigenvalue weighted by molar-refractivity contribution is 0.0833. The zero-order valence-electron chi connectivity index (χ0n) is 9.13. The Morgan fingerprint density at radius 3 is 2.41 bits per heavy atom. The fraction of sp³-hybridized carbons (Fsp3) is 0.400. The maximum atomic E-state index is 10.9. The summed E-state index contributed by atoms with van der Waals surface area (Å²) in [6, 6.07) is 2.90. The summed E-state index contributed by atoms with van der Waals surface area (Å²) in [6.07, 6.45) is 1.36. The number of aliphatic hydroxyl groups excluding tert-OH is 3. The Balaban J connectivity index is 2.93. The molecule has 6 N–H and O–H groups in total. The molecule has 94 valence electrons. The average Bonchev–Trinajstić information content (AvgIpc) is 2.36. The molecule has 1 heterocycles. The van der Waals surface area contributed by atoms with E-state index in [0.717, 1.165) is 0 Å². The van der Waals surface area contributed by atoms with Crippen LogP contribution >= 0.6 is 0 Å². The number of amides is 1. The first-order valence-electron chi connectivity index (χ1n) is 4.93. The zero-order chi connectivity index (χ0) is 12.9. The van der Waals surface area contributed by atoms with E-state index in [1.807, 2.05) is 0 Å². The second-order valence-electron chi connectivity index (χ2n) is 3.67. The van der Waals surface area contributed by atoms with Gasteiger partial charge in [-0.15, -0.1) is 0 Å². The molecule has 1 rings (SSSR count). The van der Waals surface area contributed by atoms with Gasteiger partial charge in [-0.25, -0.2) is 0 Å². The van der Waals surface area contributed by atoms with Crippen LogP contribution in [0.3, 0.4) is 0 Å². The molecule has 0 aliphatic heterocycles. The third-order valence-corrected chi connectivity index (χ3v) is 2.33. The molecule has 0 aliphatic rings. The monoisotopic (exact) mass is 241 g/mol. The molecule has 0 radical (unpaired) electrons. The average molecular weight is 241 g/mol. The van der Waals surface area contributed by atoms with Crippen molar-refractivity contribution in [3.63, 3.8) is 0 Å². The normalized spacial score (nSPS) is 11.2. The fourth-order valence-electron chi connectivity index (χ4n) is 1.22. The highest BCUT2D eigenvalue weighted by Crippen LogP contribution is 2.15. The number of hydrogen-bond acceptors (Lipinski definition) is 6. The van der Waals surface area contributed by atoms with Crippen LogP contribution in [-0.4, -0.2) is 51.6 Å². The predicted molar refractivity (Wildman–Crippen MR) is 60.4 cm³/mol. The van der Waals surface area contributed by atoms with Gasteiger partial charge in [-0.1, -0.05) is 0 Å². The number of nitrogens with one attached hydrogen (secondary N) is 1. The number of hydrogen-bond donors (Lipinski definition) is 5. The first kappa shape index (κ1) is 13.4. The molecule has 7 heteroatoms. The first-order chi connectivity index (χ1) is 8.06. The molecule has 0 atom stereocenters. The number of primary amides is 1. The second kappa shape index (κ2) is 5.58. The number of pyridine rings is 1. The lowest BCUT2D eigenvalue weighted by atomic mass is 10.0. The number of nitrogens with zero attached hydrogens (tertiary/aromatic N) is 1. The molecule has 17 heavy (non-hydrogen) atoms. The molecule has 7 nitrogen and oxygen atoms in total. The van der Waals surface area contributed by atoms with Crippen molar-refractivity contribution in [2.45, 2.75) is 5.54 Å². The lowest BCUT2D eigenvalue weighted by Gasteiger charge is -2.29. The van der Waals surface area contributed by atoms with Crippen molar-refractivity contribution in [2.24, 2.45) is 5.73 Å². The Morgan fingerprint density at radius 1 is 1.35 bits per heavy atom. The SMILES string of the molecule is NC(=O)c1cc(NC(CO)(CO)CO)ccn1. The molecule has 0 unspecified atom stereocenters. The van der Waals surface area contributed by atoms with E-state index in [9.17, 15) is 4.79 Å². The largest absolute Gasteiger partial charge is 0.394 e. The summed E-state index contributed by atoms with van der Waals surface area (Å²) in [5.74, 6) is -0.684. The molecule has 0 fully saturated rings. The molecular formula is C10H15N3O4. The van der Waals surface area contributed by atoms with Crippen molar-refractivity contribution in [1.82, 2.24) is 4.98 Å². The van der Waals surface area contributed by atoms with E-state index >= 15 is 0 Å². The third kappa shape index (κ3) is 3.13. The van der Waals surface area contributed by atoms with Crippen LogP contribution in [0.25, 0.3) is 0 Å². The maximum Gasteiger partial charge on any atom is 0.267 e. The van der Waals surface area contributed by atoms with Crippen LogP contribution in [0, 0.1) is 0 Å². The van der Waals surface area contributed by atoms with Gasteiger partial charge in [0.2, 0.25) is 0 Å². The topological polar surface area (TPSA) is 129 Å². The van der Waals surface area contributed by atoms with Gasteiger partial charge >= 0.3 is 0 Å². The Hall–Kier alpha value is -1.70. The minimum Gasteiger partial charge on any atom is -0.394 e. The van der Waals surface area contributed by atoms with Gasteiger partial charge in [0.05, 0.1) is 19.8 Å². The number of carbonyl (C=O) groups excluding carboxylic acids is 1. The van der Waals surface area contributed by atoms with Gasteiger partial charge < -0.3 is 26.4 Å². The van der Waals surface area contributed by atoms with E-state index in [2.05, 4.69) is 10.3 Å². The Kier molecular flexibility index (Phi) is 4.38. The van der Waals surface area contributed by atoms with Gasteiger partial charge in [0.15, 0.2) is 0 Å². The third-order valence-electron chi connectivity index (χ3n) is 2.33. The van der Waals surface area contributed by atoms with Crippen LogP contribution in [0.5, 0.6) is 0 Å². The van der Waals surface area contributed by atoms with Crippen LogP contribution in [0.4, 0.5) is 5.69 Å². The minimum atomic E-state index is -1.25. The molecular weight excluding hydrogens is 226 g/mol. The van der Waals surface area contributed by atoms with Crippen LogP contribution in [0.2, 0.25) is 0 Å². The zero-order valence-corrected chi connectivity index (χ0v) is 9.13. The summed E-state index contributed by atoms with van der Waals surface area (Å²) in [7, 11) is 0. The molecule has 0 aliphatic carbocycles. The van der Waals surface area contributed by atoms with E-state index in [1.165, 1.54) is 18.3 Å². The first-order valence-corrected chi connectivity index (χ1v) is 4.93. The molecule has 1 aromatic rings. The molecule has 1 aromatic heterocycles. The number of carbonyl (C=O) groups is 1. The molecule has 0 saturated heterocycles. The van der Waals surface area contributed by atoms with Crippen molar-refractivity contribution in [3.05, 3.63) is 24.0 Å². The lowest BCUT2D eigenvalue weighted by Crippen LogP contribution is -2.49. The summed E-state index contributed by atoms with van der Waals surface area (Å²) in [5, 5.41) is 30.1. The van der Waals surface area contributed by atoms with Crippen molar-refractivity contribution >= 4 is 11.6 Å². The standard InChI is InChI=1S/C10H15N3O4/c11-9(17)8-3-7(1-2-12-8)13-10(4-14,5-15)6-16/h1-3,14-16H,4-6H2,(H2,11,17)(H,12,13). The number of anilines is 1. The highest BCUT2D eigenvalue weighted by atomic mass is 16.3. The number of nitrogens with two attached hydrogens (primary N) is 1. The Labute approximate surface area is 97.9 Å². The quantitative estimate of drug-likeness (QED) is 0.404. The van der Waals surface area contributed by atoms with E-state index < -0.39 is 31.3 Å². The van der Waals surface area contributed by atoms with Gasteiger partial charge in [-0.2, -0.15) is 0 Å². The summed E-state index contributed by atoms with van der Waals surface area (Å²) >= 11 is 0.